The van der Waals surface area contributed by atoms with Gasteiger partial charge in [0.25, 0.3) is 0 Å². The highest BCUT2D eigenvalue weighted by Gasteiger charge is 2.44. The molecule has 0 unspecified atom stereocenters. The predicted octanol–water partition coefficient (Wildman–Crippen LogP) is 1.75. The van der Waals surface area contributed by atoms with Crippen molar-refractivity contribution in [2.24, 2.45) is 40.5 Å². The van der Waals surface area contributed by atoms with Gasteiger partial charge < -0.3 is 80.8 Å². The van der Waals surface area contributed by atoms with Crippen LogP contribution >= 0.6 is 0 Å². The number of nitrogens with one attached hydrogen (secondary N) is 7. The summed E-state index contributed by atoms with van der Waals surface area (Å²) in [5.74, 6) is -6.78. The number of hydrogen-bond acceptors (Lipinski definition) is 15. The average molecular weight is 1340 g/mol. The summed E-state index contributed by atoms with van der Waals surface area (Å²) >= 11 is 0. The summed E-state index contributed by atoms with van der Waals surface area (Å²) < 4.78 is 0. The Bertz CT molecular complexity index is 3200. The number of nitrogens with zero attached hydrogens (tertiary/aromatic N) is 2. The molecule has 0 radical (unpaired) electrons. The topological polar surface area (TPSA) is 412 Å². The van der Waals surface area contributed by atoms with Crippen LogP contribution in [0.25, 0.3) is 0 Å². The van der Waals surface area contributed by atoms with E-state index in [1.165, 1.54) is 9.80 Å². The lowest BCUT2D eigenvalue weighted by molar-refractivity contribution is -0.148. The first kappa shape index (κ1) is 77.4. The van der Waals surface area contributed by atoms with E-state index in [0.29, 0.717) is 49.9 Å². The molecular formula is C72H104N14O11. The highest BCUT2D eigenvalue weighted by Crippen LogP contribution is 2.25. The lowest BCUT2D eigenvalue weighted by atomic mass is 9.86. The highest BCUT2D eigenvalue weighted by atomic mass is 16.4. The molecule has 0 spiro atoms. The number of carbonyl (C=O) groups excluding carboxylic acids is 9. The van der Waals surface area contributed by atoms with Crippen molar-refractivity contribution in [2.75, 3.05) is 39.3 Å². The van der Waals surface area contributed by atoms with Gasteiger partial charge in [0.2, 0.25) is 53.2 Å². The molecule has 2 aliphatic rings. The van der Waals surface area contributed by atoms with Crippen LogP contribution in [0.15, 0.2) is 121 Å². The maximum Gasteiger partial charge on any atom is 0.323 e. The van der Waals surface area contributed by atoms with E-state index in [1.54, 1.807) is 60.7 Å². The van der Waals surface area contributed by atoms with Gasteiger partial charge in [0.15, 0.2) is 0 Å². The Hall–Kier alpha value is -8.62. The Morgan fingerprint density at radius 1 is 0.402 bits per heavy atom. The lowest BCUT2D eigenvalue weighted by Crippen LogP contribution is -2.65. The molecule has 25 nitrogen and oxygen atoms in total. The Balaban J connectivity index is 1.16. The fourth-order valence-electron chi connectivity index (χ4n) is 12.1. The molecule has 2 heterocycles. The molecule has 0 aromatic heterocycles. The number of nitrogens with two attached hydrogens (primary N) is 5. The Kier molecular flexibility index (Phi) is 30.6. The number of amides is 9. The van der Waals surface area contributed by atoms with Gasteiger partial charge >= 0.3 is 5.97 Å². The van der Waals surface area contributed by atoms with Crippen LogP contribution in [0.4, 0.5) is 0 Å². The van der Waals surface area contributed by atoms with E-state index in [2.05, 4.69) is 37.2 Å². The molecule has 2 aliphatic heterocycles. The van der Waals surface area contributed by atoms with Gasteiger partial charge in [-0.1, -0.05) is 149 Å². The summed E-state index contributed by atoms with van der Waals surface area (Å²) in [4.78, 5) is 145. The summed E-state index contributed by atoms with van der Waals surface area (Å²) in [5, 5.41) is 29.9. The molecule has 528 valence electrons. The zero-order valence-electron chi connectivity index (χ0n) is 56.7. The number of rotatable bonds is 37. The van der Waals surface area contributed by atoms with Crippen LogP contribution < -0.4 is 65.9 Å². The molecule has 4 aromatic rings. The van der Waals surface area contributed by atoms with Crippen molar-refractivity contribution in [1.82, 2.24) is 47.0 Å². The molecular weight excluding hydrogens is 1240 g/mol. The van der Waals surface area contributed by atoms with Gasteiger partial charge in [-0.05, 0) is 131 Å². The largest absolute Gasteiger partial charge is 0.480 e. The van der Waals surface area contributed by atoms with Crippen LogP contribution in [0.1, 0.15) is 127 Å². The highest BCUT2D eigenvalue weighted by molar-refractivity contribution is 5.98. The third kappa shape index (κ3) is 24.5. The Labute approximate surface area is 570 Å². The van der Waals surface area contributed by atoms with Gasteiger partial charge in [-0.3, -0.25) is 47.9 Å². The minimum Gasteiger partial charge on any atom is -0.480 e. The minimum absolute atomic E-state index is 0.00595. The number of unbranched alkanes of at least 4 members (excludes halogenated alkanes) is 2. The van der Waals surface area contributed by atoms with E-state index >= 15 is 0 Å². The van der Waals surface area contributed by atoms with Gasteiger partial charge in [0.05, 0.1) is 11.6 Å². The first-order chi connectivity index (χ1) is 46.3. The van der Waals surface area contributed by atoms with E-state index < -0.39 is 119 Å². The summed E-state index contributed by atoms with van der Waals surface area (Å²) in [5.41, 5.74) is 31.0. The second-order valence-corrected chi connectivity index (χ2v) is 26.9. The third-order valence-corrected chi connectivity index (χ3v) is 18.0. The van der Waals surface area contributed by atoms with Crippen molar-refractivity contribution in [3.63, 3.8) is 0 Å². The third-order valence-electron chi connectivity index (χ3n) is 18.0. The average Bonchev–Trinajstić information content (AvgIpc) is 0.837. The van der Waals surface area contributed by atoms with Crippen LogP contribution in [-0.2, 0) is 73.6 Å². The van der Waals surface area contributed by atoms with E-state index in [9.17, 15) is 53.1 Å². The molecule has 2 fully saturated rings. The van der Waals surface area contributed by atoms with Crippen LogP contribution in [0.3, 0.4) is 0 Å². The molecule has 4 aromatic carbocycles. The maximum atomic E-state index is 14.9. The van der Waals surface area contributed by atoms with Gasteiger partial charge in [0.1, 0.15) is 47.8 Å². The molecule has 2 saturated heterocycles. The number of piperidine rings is 2. The molecule has 25 heteroatoms. The minimum atomic E-state index is -1.60. The molecule has 6 rings (SSSR count). The second-order valence-electron chi connectivity index (χ2n) is 26.9. The quantitative estimate of drug-likeness (QED) is 0.0286. The van der Waals surface area contributed by atoms with E-state index in [0.717, 1.165) is 11.1 Å². The van der Waals surface area contributed by atoms with Crippen molar-refractivity contribution in [2.45, 2.75) is 190 Å². The van der Waals surface area contributed by atoms with E-state index in [-0.39, 0.29) is 115 Å². The zero-order valence-corrected chi connectivity index (χ0v) is 56.7. The first-order valence-corrected chi connectivity index (χ1v) is 34.1. The van der Waals surface area contributed by atoms with Crippen molar-refractivity contribution >= 4 is 59.1 Å². The van der Waals surface area contributed by atoms with Crippen LogP contribution in [0, 0.1) is 11.8 Å². The molecule has 97 heavy (non-hydrogen) atoms. The fraction of sp³-hybridized carbons (Fsp3) is 0.528. The SMILES string of the molecule is CC(C)C[C@@H](NC(=O)[C@@H](Cc1ccccc1)NC(=O)[C@H](N)Cc1ccccc1)C(=O)N[C@H](CCCCN)C(=O)N1CCC(N)(C(=O)N[C@H](Cc2ccccc2)C(=O)N[C@H](Cc2ccccc2)C(=O)N[C@H](CC(C)C)C(=O)N[C@H](CCCCN)C(=O)N2CCC(N)(C(=O)O)CC2)CC1. The first-order valence-electron chi connectivity index (χ1n) is 34.1. The van der Waals surface area contributed by atoms with Gasteiger partial charge in [-0.2, -0.15) is 0 Å². The number of benzene rings is 4. The molecule has 8 atom stereocenters. The van der Waals surface area contributed by atoms with Crippen LogP contribution in [0.2, 0.25) is 0 Å². The van der Waals surface area contributed by atoms with Crippen LogP contribution in [0.5, 0.6) is 0 Å². The molecule has 18 N–H and O–H groups in total. The van der Waals surface area contributed by atoms with Gasteiger partial charge in [-0.15, -0.1) is 0 Å². The number of carbonyl (C=O) groups is 10. The van der Waals surface area contributed by atoms with Crippen molar-refractivity contribution in [3.8, 4) is 0 Å². The van der Waals surface area contributed by atoms with Gasteiger partial charge in [0, 0.05) is 45.4 Å². The Morgan fingerprint density at radius 3 is 1.02 bits per heavy atom. The number of likely N-dealkylation sites (tertiary alicyclic amines) is 2. The van der Waals surface area contributed by atoms with E-state index in [4.69, 9.17) is 28.7 Å². The van der Waals surface area contributed by atoms with E-state index in [1.807, 2.05) is 88.4 Å². The number of carboxylic acid groups (broad SMARTS) is 1. The summed E-state index contributed by atoms with van der Waals surface area (Å²) in [6.45, 7) is 8.33. The lowest BCUT2D eigenvalue weighted by Gasteiger charge is -2.40. The summed E-state index contributed by atoms with van der Waals surface area (Å²) in [7, 11) is 0. The smallest absolute Gasteiger partial charge is 0.323 e. The monoisotopic (exact) mass is 1340 g/mol. The van der Waals surface area contributed by atoms with Crippen molar-refractivity contribution in [3.05, 3.63) is 144 Å². The number of hydrogen-bond donors (Lipinski definition) is 13. The number of carboxylic acids is 1. The normalized spacial score (nSPS) is 16.8. The summed E-state index contributed by atoms with van der Waals surface area (Å²) in [6, 6.07) is 27.2. The van der Waals surface area contributed by atoms with Gasteiger partial charge in [-0.25, -0.2) is 0 Å². The molecule has 0 bridgehead atoms. The molecule has 0 aliphatic carbocycles. The van der Waals surface area contributed by atoms with Crippen molar-refractivity contribution < 1.29 is 53.1 Å². The molecule has 9 amide bonds. The predicted molar refractivity (Wildman–Crippen MR) is 370 cm³/mol. The zero-order chi connectivity index (χ0) is 70.7. The number of aliphatic carboxylic acids is 1. The second kappa shape index (κ2) is 38.4. The van der Waals surface area contributed by atoms with Crippen LogP contribution in [-0.4, -0.2) is 173 Å². The van der Waals surface area contributed by atoms with Crippen molar-refractivity contribution in [1.29, 1.82) is 0 Å². The fourth-order valence-corrected chi connectivity index (χ4v) is 12.1. The Morgan fingerprint density at radius 2 is 0.691 bits per heavy atom. The standard InChI is InChI=1S/C72H104N14O11/c1-47(2)41-56(81-64(90)58(44-50-23-11-6-12-24-50)80-61(87)53(75)43-49-21-9-5-10-22-49)62(88)78-54(29-17-19-35-73)67(93)85-37-31-71(76,32-38-85)69(95)84-60(46-52-27-15-8-16-28-52)66(92)83-59(45-51-25-13-7-14-26-51)65(91)82-57(42-48(3)4)63(89)79-55(30-18-20-36-74)68(94)86-39-33-72(77,34-40-86)70(96)97/h5-16,21-28,47-48,53-60H,17-20,29-46,73-77H2,1-4H3,(H,78,88)(H,79,89)(H,80,87)(H,81,90)(H,82,91)(H,83,92)(H,84,95)(H,96,97)/t53-,54-,55-,56-,57-,58-,59-,60-/m1/s1. The maximum absolute atomic E-state index is 14.9. The molecule has 0 saturated carbocycles. The summed E-state index contributed by atoms with van der Waals surface area (Å²) in [6.07, 6.45) is 3.08.